The Labute approximate surface area is 127 Å². The summed E-state index contributed by atoms with van der Waals surface area (Å²) >= 11 is 5.27. The van der Waals surface area contributed by atoms with Crippen LogP contribution in [0.4, 0.5) is 0 Å². The van der Waals surface area contributed by atoms with Crippen molar-refractivity contribution in [3.8, 4) is 0 Å². The van der Waals surface area contributed by atoms with Gasteiger partial charge in [-0.05, 0) is 60.8 Å². The quantitative estimate of drug-likeness (QED) is 0.880. The minimum atomic E-state index is -0.585. The molecule has 3 N–H and O–H groups in total. The number of β-amino-alcohol motifs (C(OH)–C–C–N with tert-alkyl or cyclic N) is 1. The Bertz CT molecular complexity index is 421. The third-order valence-corrected chi connectivity index (χ3v) is 5.55. The van der Waals surface area contributed by atoms with Crippen molar-refractivity contribution >= 4 is 27.3 Å². The molecule has 3 unspecified atom stereocenters. The first-order valence-corrected chi connectivity index (χ1v) is 8.51. The fraction of sp³-hybridized carbons (Fsp3) is 0.714. The second-order valence-electron chi connectivity index (χ2n) is 5.73. The molecule has 0 aliphatic carbocycles. The van der Waals surface area contributed by atoms with E-state index < -0.39 is 5.60 Å². The molecule has 5 heteroatoms. The Kier molecular flexibility index (Phi) is 5.06. The maximum absolute atomic E-state index is 10.3. The lowest BCUT2D eigenvalue weighted by molar-refractivity contribution is -0.0338. The predicted molar refractivity (Wildman–Crippen MR) is 84.5 cm³/mol. The molecule has 2 rings (SSSR count). The van der Waals surface area contributed by atoms with Crippen LogP contribution in [0, 0.1) is 0 Å². The highest BCUT2D eigenvalue weighted by atomic mass is 79.9. The molecule has 1 aromatic heterocycles. The molecule has 1 aromatic rings. The third kappa shape index (κ3) is 3.79. The summed E-state index contributed by atoms with van der Waals surface area (Å²) in [5, 5.41) is 10.3. The average molecular weight is 347 g/mol. The van der Waals surface area contributed by atoms with Gasteiger partial charge < -0.3 is 10.8 Å². The van der Waals surface area contributed by atoms with Crippen molar-refractivity contribution in [1.29, 1.82) is 0 Å². The topological polar surface area (TPSA) is 49.5 Å². The van der Waals surface area contributed by atoms with Crippen LogP contribution in [-0.2, 0) is 0 Å². The largest absolute Gasteiger partial charge is 0.389 e. The average Bonchev–Trinajstić information content (AvgIpc) is 2.74. The number of piperidine rings is 1. The summed E-state index contributed by atoms with van der Waals surface area (Å²) in [4.78, 5) is 3.65. The maximum Gasteiger partial charge on any atom is 0.0746 e. The van der Waals surface area contributed by atoms with Crippen molar-refractivity contribution < 1.29 is 5.11 Å². The van der Waals surface area contributed by atoms with Gasteiger partial charge in [-0.15, -0.1) is 11.3 Å². The molecule has 1 fully saturated rings. The highest BCUT2D eigenvalue weighted by molar-refractivity contribution is 9.11. The number of nitrogens with zero attached hydrogens (tertiary/aromatic N) is 1. The van der Waals surface area contributed by atoms with E-state index in [-0.39, 0.29) is 12.1 Å². The molecule has 1 aliphatic rings. The Morgan fingerprint density at radius 2 is 2.32 bits per heavy atom. The summed E-state index contributed by atoms with van der Waals surface area (Å²) < 4.78 is 1.14. The van der Waals surface area contributed by atoms with Crippen molar-refractivity contribution in [3.05, 3.63) is 20.8 Å². The first kappa shape index (κ1) is 15.4. The van der Waals surface area contributed by atoms with Gasteiger partial charge in [0.2, 0.25) is 0 Å². The van der Waals surface area contributed by atoms with Crippen molar-refractivity contribution in [2.75, 3.05) is 13.1 Å². The van der Waals surface area contributed by atoms with Crippen LogP contribution in [0.2, 0.25) is 0 Å². The van der Waals surface area contributed by atoms with Crippen LogP contribution in [0.15, 0.2) is 15.9 Å². The molecule has 0 bridgehead atoms. The van der Waals surface area contributed by atoms with E-state index in [0.717, 1.165) is 29.6 Å². The number of thiophene rings is 1. The van der Waals surface area contributed by atoms with Gasteiger partial charge in [-0.3, -0.25) is 4.90 Å². The van der Waals surface area contributed by atoms with E-state index in [1.807, 2.05) is 6.92 Å². The van der Waals surface area contributed by atoms with Crippen LogP contribution in [0.1, 0.15) is 44.0 Å². The smallest absolute Gasteiger partial charge is 0.0746 e. The van der Waals surface area contributed by atoms with Crippen LogP contribution in [-0.4, -0.2) is 34.7 Å². The van der Waals surface area contributed by atoms with Gasteiger partial charge >= 0.3 is 0 Å². The molecule has 2 heterocycles. The maximum atomic E-state index is 10.3. The van der Waals surface area contributed by atoms with Gasteiger partial charge in [0.25, 0.3) is 0 Å². The zero-order chi connectivity index (χ0) is 14.0. The normalized spacial score (nSPS) is 28.3. The molecular weight excluding hydrogens is 324 g/mol. The molecule has 0 saturated carbocycles. The van der Waals surface area contributed by atoms with Crippen molar-refractivity contribution in [2.45, 2.75) is 50.8 Å². The summed E-state index contributed by atoms with van der Waals surface area (Å²) in [6.45, 7) is 5.78. The van der Waals surface area contributed by atoms with Crippen LogP contribution in [0.3, 0.4) is 0 Å². The first-order valence-electron chi connectivity index (χ1n) is 6.90. The second kappa shape index (κ2) is 6.22. The third-order valence-electron chi connectivity index (χ3n) is 3.86. The van der Waals surface area contributed by atoms with Crippen LogP contribution < -0.4 is 5.73 Å². The van der Waals surface area contributed by atoms with E-state index in [1.54, 1.807) is 11.3 Å². The summed E-state index contributed by atoms with van der Waals surface area (Å²) in [5.74, 6) is 0. The molecule has 1 saturated heterocycles. The van der Waals surface area contributed by atoms with Gasteiger partial charge in [-0.25, -0.2) is 0 Å². The van der Waals surface area contributed by atoms with Crippen LogP contribution in [0.5, 0.6) is 0 Å². The lowest BCUT2D eigenvalue weighted by atomic mass is 9.91. The van der Waals surface area contributed by atoms with Gasteiger partial charge in [0, 0.05) is 17.5 Å². The number of aliphatic hydroxyl groups is 1. The molecule has 0 spiro atoms. The SMILES string of the molecule is CCC(N)C(c1ccc(Br)s1)N1CCCC(C)(O)C1. The second-order valence-corrected chi connectivity index (χ2v) is 8.22. The Morgan fingerprint density at radius 3 is 2.84 bits per heavy atom. The highest BCUT2D eigenvalue weighted by Gasteiger charge is 2.35. The van der Waals surface area contributed by atoms with Crippen molar-refractivity contribution in [1.82, 2.24) is 4.90 Å². The van der Waals surface area contributed by atoms with Gasteiger partial charge in [0.05, 0.1) is 15.4 Å². The number of hydrogen-bond acceptors (Lipinski definition) is 4. The van der Waals surface area contributed by atoms with Crippen molar-refractivity contribution in [3.63, 3.8) is 0 Å². The van der Waals surface area contributed by atoms with E-state index in [1.165, 1.54) is 4.88 Å². The molecule has 0 radical (unpaired) electrons. The lowest BCUT2D eigenvalue weighted by Gasteiger charge is -2.42. The van der Waals surface area contributed by atoms with Crippen LogP contribution >= 0.6 is 27.3 Å². The minimum Gasteiger partial charge on any atom is -0.389 e. The summed E-state index contributed by atoms with van der Waals surface area (Å²) in [7, 11) is 0. The number of rotatable bonds is 4. The molecule has 3 nitrogen and oxygen atoms in total. The monoisotopic (exact) mass is 346 g/mol. The summed E-state index contributed by atoms with van der Waals surface area (Å²) in [6.07, 6.45) is 2.86. The Hall–Kier alpha value is 0.0600. The molecular formula is C14H23BrN2OS. The van der Waals surface area contributed by atoms with Gasteiger partial charge in [-0.2, -0.15) is 0 Å². The van der Waals surface area contributed by atoms with Gasteiger partial charge in [0.1, 0.15) is 0 Å². The van der Waals surface area contributed by atoms with Crippen molar-refractivity contribution in [2.24, 2.45) is 5.73 Å². The van der Waals surface area contributed by atoms with E-state index in [4.69, 9.17) is 5.73 Å². The molecule has 1 aliphatic heterocycles. The lowest BCUT2D eigenvalue weighted by Crippen LogP contribution is -2.51. The predicted octanol–water partition coefficient (Wildman–Crippen LogP) is 3.14. The van der Waals surface area contributed by atoms with Crippen LogP contribution in [0.25, 0.3) is 0 Å². The highest BCUT2D eigenvalue weighted by Crippen LogP contribution is 2.36. The fourth-order valence-electron chi connectivity index (χ4n) is 2.87. The van der Waals surface area contributed by atoms with Gasteiger partial charge in [-0.1, -0.05) is 6.92 Å². The van der Waals surface area contributed by atoms with Gasteiger partial charge in [0.15, 0.2) is 0 Å². The summed E-state index contributed by atoms with van der Waals surface area (Å²) in [6, 6.07) is 4.56. The number of likely N-dealkylation sites (tertiary alicyclic amines) is 1. The van der Waals surface area contributed by atoms with E-state index in [0.29, 0.717) is 6.54 Å². The van der Waals surface area contributed by atoms with E-state index in [2.05, 4.69) is 39.9 Å². The summed E-state index contributed by atoms with van der Waals surface area (Å²) in [5.41, 5.74) is 5.76. The fourth-order valence-corrected chi connectivity index (χ4v) is 4.50. The molecule has 3 atom stereocenters. The standard InChI is InChI=1S/C14H23BrN2OS/c1-3-10(16)13(11-5-6-12(15)19-11)17-8-4-7-14(2,18)9-17/h5-6,10,13,18H,3-4,7-9,16H2,1-2H3. The number of hydrogen-bond donors (Lipinski definition) is 2. The Balaban J connectivity index is 2.22. The number of halogens is 1. The molecule has 0 aromatic carbocycles. The Morgan fingerprint density at radius 1 is 1.58 bits per heavy atom. The number of nitrogens with two attached hydrogens (primary N) is 1. The molecule has 108 valence electrons. The van der Waals surface area contributed by atoms with E-state index in [9.17, 15) is 5.11 Å². The molecule has 19 heavy (non-hydrogen) atoms. The first-order chi connectivity index (χ1) is 8.93. The minimum absolute atomic E-state index is 0.111. The zero-order valence-electron chi connectivity index (χ0n) is 11.6. The van der Waals surface area contributed by atoms with E-state index >= 15 is 0 Å². The zero-order valence-corrected chi connectivity index (χ0v) is 14.0. The molecule has 0 amide bonds.